The van der Waals surface area contributed by atoms with E-state index in [9.17, 15) is 9.18 Å². The molecule has 0 saturated heterocycles. The van der Waals surface area contributed by atoms with Crippen LogP contribution in [-0.2, 0) is 11.3 Å². The van der Waals surface area contributed by atoms with Crippen LogP contribution in [0.4, 0.5) is 10.2 Å². The van der Waals surface area contributed by atoms with Gasteiger partial charge < -0.3 is 15.8 Å². The minimum Gasteiger partial charge on any atom is -0.373 e. The van der Waals surface area contributed by atoms with Gasteiger partial charge in [-0.15, -0.1) is 0 Å². The van der Waals surface area contributed by atoms with Crippen molar-refractivity contribution in [1.29, 1.82) is 0 Å². The van der Waals surface area contributed by atoms with Gasteiger partial charge >= 0.3 is 0 Å². The van der Waals surface area contributed by atoms with E-state index in [1.54, 1.807) is 24.5 Å². The van der Waals surface area contributed by atoms with Gasteiger partial charge in [0, 0.05) is 43.4 Å². The lowest BCUT2D eigenvalue weighted by molar-refractivity contribution is -0.108. The van der Waals surface area contributed by atoms with Crippen molar-refractivity contribution in [2.75, 3.05) is 12.4 Å². The Hall–Kier alpha value is -3.71. The first kappa shape index (κ1) is 20.6. The number of alkyl halides is 1. The number of fused-ring (bicyclic) bond motifs is 1. The average molecular weight is 415 g/mol. The molecule has 0 aliphatic carbocycles. The van der Waals surface area contributed by atoms with Gasteiger partial charge in [0.1, 0.15) is 18.3 Å². The van der Waals surface area contributed by atoms with E-state index in [0.717, 1.165) is 33.2 Å². The second-order valence-electron chi connectivity index (χ2n) is 7.11. The Labute approximate surface area is 179 Å². The fourth-order valence-corrected chi connectivity index (χ4v) is 3.59. The lowest BCUT2D eigenvalue weighted by Gasteiger charge is -2.14. The molecule has 7 heteroatoms. The highest BCUT2D eigenvalue weighted by Gasteiger charge is 2.14. The zero-order valence-corrected chi connectivity index (χ0v) is 17.0. The maximum atomic E-state index is 14.2. The van der Waals surface area contributed by atoms with Gasteiger partial charge in [-0.1, -0.05) is 24.3 Å². The molecule has 0 bridgehead atoms. The van der Waals surface area contributed by atoms with Crippen LogP contribution in [0.15, 0.2) is 60.9 Å². The molecule has 6 nitrogen and oxygen atoms in total. The summed E-state index contributed by atoms with van der Waals surface area (Å²) in [5, 5.41) is 4.01. The van der Waals surface area contributed by atoms with E-state index in [0.29, 0.717) is 23.5 Å². The molecule has 0 radical (unpaired) electrons. The molecule has 4 aromatic rings. The van der Waals surface area contributed by atoms with E-state index < -0.39 is 6.17 Å². The summed E-state index contributed by atoms with van der Waals surface area (Å²) >= 11 is 0. The first-order chi connectivity index (χ1) is 15.1. The zero-order valence-electron chi connectivity index (χ0n) is 17.0. The predicted octanol–water partition coefficient (Wildman–Crippen LogP) is 4.46. The van der Waals surface area contributed by atoms with Crippen LogP contribution >= 0.6 is 0 Å². The molecule has 156 valence electrons. The summed E-state index contributed by atoms with van der Waals surface area (Å²) in [5.41, 5.74) is 10.7. The van der Waals surface area contributed by atoms with E-state index in [-0.39, 0.29) is 13.0 Å². The minimum atomic E-state index is -1.33. The number of nitrogens with two attached hydrogens (primary N) is 1. The molecule has 0 fully saturated rings. The number of carbonyl (C=O) groups excluding carboxylic acids is 1. The third kappa shape index (κ3) is 4.13. The summed E-state index contributed by atoms with van der Waals surface area (Å²) in [6.07, 6.45) is 2.53. The minimum absolute atomic E-state index is 0.165. The summed E-state index contributed by atoms with van der Waals surface area (Å²) in [6, 6.07) is 14.9. The normalized spacial score (nSPS) is 12.0. The molecule has 2 heterocycles. The molecule has 2 aromatic heterocycles. The van der Waals surface area contributed by atoms with E-state index in [1.807, 2.05) is 43.4 Å². The fraction of sp³-hybridized carbons (Fsp3) is 0.167. The number of nitrogens with one attached hydrogen (secondary N) is 1. The van der Waals surface area contributed by atoms with Crippen LogP contribution in [0.25, 0.3) is 33.4 Å². The monoisotopic (exact) mass is 415 g/mol. The predicted molar refractivity (Wildman–Crippen MR) is 120 cm³/mol. The molecule has 4 rings (SSSR count). The fourth-order valence-electron chi connectivity index (χ4n) is 3.59. The van der Waals surface area contributed by atoms with Crippen LogP contribution in [0.2, 0.25) is 0 Å². The van der Waals surface area contributed by atoms with Crippen LogP contribution in [0.1, 0.15) is 23.7 Å². The summed E-state index contributed by atoms with van der Waals surface area (Å²) in [5.74, 6) is 1.29. The van der Waals surface area contributed by atoms with Crippen LogP contribution in [-0.4, -0.2) is 28.3 Å². The second kappa shape index (κ2) is 8.97. The third-order valence-corrected chi connectivity index (χ3v) is 5.18. The number of pyridine rings is 1. The SMILES string of the molecule is CNc1nc(-c2cccnc2)nc2ccc(-c3ccc(C(F)CC=O)cc3CN)cc12. The number of carbonyl (C=O) groups is 1. The van der Waals surface area contributed by atoms with Gasteiger partial charge in [0.2, 0.25) is 0 Å². The summed E-state index contributed by atoms with van der Waals surface area (Å²) in [7, 11) is 1.82. The topological polar surface area (TPSA) is 93.8 Å². The van der Waals surface area contributed by atoms with Gasteiger partial charge in [-0.3, -0.25) is 4.98 Å². The molecule has 2 aromatic carbocycles. The Morgan fingerprint density at radius 1 is 1.13 bits per heavy atom. The van der Waals surface area contributed by atoms with Gasteiger partial charge in [-0.25, -0.2) is 14.4 Å². The maximum Gasteiger partial charge on any atom is 0.163 e. The number of anilines is 1. The number of hydrogen-bond donors (Lipinski definition) is 2. The number of nitrogens with zero attached hydrogens (tertiary/aromatic N) is 3. The quantitative estimate of drug-likeness (QED) is 0.433. The Kier molecular flexibility index (Phi) is 5.95. The molecule has 1 atom stereocenters. The Bertz CT molecular complexity index is 1230. The lowest BCUT2D eigenvalue weighted by atomic mass is 9.94. The Morgan fingerprint density at radius 2 is 2.00 bits per heavy atom. The summed E-state index contributed by atoms with van der Waals surface area (Å²) < 4.78 is 14.2. The van der Waals surface area contributed by atoms with Gasteiger partial charge in [0.25, 0.3) is 0 Å². The standard InChI is InChI=1S/C24H22FN5O/c1-27-24-20-12-15(19-6-4-16(11-18(19)13-26)21(25)8-10-31)5-7-22(20)29-23(30-24)17-3-2-9-28-14-17/h2-7,9-12,14,21H,8,13,26H2,1H3,(H,27,29,30). The zero-order chi connectivity index (χ0) is 21.8. The van der Waals surface area contributed by atoms with Crippen molar-refractivity contribution in [3.05, 3.63) is 72.1 Å². The van der Waals surface area contributed by atoms with Crippen LogP contribution in [0, 0.1) is 0 Å². The largest absolute Gasteiger partial charge is 0.373 e. The van der Waals surface area contributed by atoms with Crippen molar-refractivity contribution >= 4 is 23.0 Å². The van der Waals surface area contributed by atoms with Crippen LogP contribution in [0.5, 0.6) is 0 Å². The highest BCUT2D eigenvalue weighted by Crippen LogP contribution is 2.33. The van der Waals surface area contributed by atoms with E-state index >= 15 is 0 Å². The Balaban J connectivity index is 1.80. The first-order valence-corrected chi connectivity index (χ1v) is 9.95. The lowest BCUT2D eigenvalue weighted by Crippen LogP contribution is -2.03. The first-order valence-electron chi connectivity index (χ1n) is 9.95. The number of benzene rings is 2. The third-order valence-electron chi connectivity index (χ3n) is 5.18. The molecular formula is C24H22FN5O. The molecular weight excluding hydrogens is 393 g/mol. The molecule has 0 amide bonds. The second-order valence-corrected chi connectivity index (χ2v) is 7.11. The smallest absolute Gasteiger partial charge is 0.163 e. The molecule has 0 aliphatic rings. The average Bonchev–Trinajstić information content (AvgIpc) is 2.83. The number of halogens is 1. The van der Waals surface area contributed by atoms with Crippen molar-refractivity contribution < 1.29 is 9.18 Å². The van der Waals surface area contributed by atoms with Crippen molar-refractivity contribution in [3.8, 4) is 22.5 Å². The van der Waals surface area contributed by atoms with E-state index in [1.165, 1.54) is 0 Å². The molecule has 0 aliphatic heterocycles. The number of hydrogen-bond acceptors (Lipinski definition) is 6. The van der Waals surface area contributed by atoms with E-state index in [2.05, 4.69) is 15.3 Å². The number of aldehydes is 1. The molecule has 31 heavy (non-hydrogen) atoms. The molecule has 1 unspecified atom stereocenters. The van der Waals surface area contributed by atoms with Crippen molar-refractivity contribution in [1.82, 2.24) is 15.0 Å². The Morgan fingerprint density at radius 3 is 2.71 bits per heavy atom. The van der Waals surface area contributed by atoms with Gasteiger partial charge in [0.05, 0.1) is 5.52 Å². The van der Waals surface area contributed by atoms with Gasteiger partial charge in [-0.2, -0.15) is 0 Å². The molecule has 0 saturated carbocycles. The van der Waals surface area contributed by atoms with Crippen LogP contribution < -0.4 is 11.1 Å². The highest BCUT2D eigenvalue weighted by atomic mass is 19.1. The number of rotatable bonds is 7. The molecule has 3 N–H and O–H groups in total. The summed E-state index contributed by atoms with van der Waals surface area (Å²) in [6.45, 7) is 0.254. The van der Waals surface area contributed by atoms with Crippen molar-refractivity contribution in [2.24, 2.45) is 5.73 Å². The van der Waals surface area contributed by atoms with Crippen molar-refractivity contribution in [3.63, 3.8) is 0 Å². The van der Waals surface area contributed by atoms with Gasteiger partial charge in [-0.05, 0) is 46.5 Å². The van der Waals surface area contributed by atoms with Crippen molar-refractivity contribution in [2.45, 2.75) is 19.1 Å². The van der Waals surface area contributed by atoms with Crippen LogP contribution in [0.3, 0.4) is 0 Å². The maximum absolute atomic E-state index is 14.2. The van der Waals surface area contributed by atoms with Gasteiger partial charge in [0.15, 0.2) is 5.82 Å². The highest BCUT2D eigenvalue weighted by molar-refractivity contribution is 5.94. The van der Waals surface area contributed by atoms with E-state index in [4.69, 9.17) is 10.7 Å². The number of aromatic nitrogens is 3. The molecule has 0 spiro atoms. The summed E-state index contributed by atoms with van der Waals surface area (Å²) in [4.78, 5) is 24.1.